The molecule has 1 aromatic heterocycles. The van der Waals surface area contributed by atoms with Gasteiger partial charge in [-0.25, -0.2) is 4.79 Å². The molecule has 0 saturated heterocycles. The summed E-state index contributed by atoms with van der Waals surface area (Å²) in [5, 5.41) is 0. The Morgan fingerprint density at radius 1 is 1.09 bits per heavy atom. The first-order valence-corrected chi connectivity index (χ1v) is 7.83. The third-order valence-corrected chi connectivity index (χ3v) is 4.50. The van der Waals surface area contributed by atoms with Crippen molar-refractivity contribution in [1.82, 2.24) is 9.13 Å². The highest BCUT2D eigenvalue weighted by molar-refractivity contribution is 9.10. The molecule has 0 saturated carbocycles. The third kappa shape index (κ3) is 2.82. The molecule has 0 spiro atoms. The number of ether oxygens (including phenoxy) is 1. The Labute approximate surface area is 142 Å². The molecule has 1 heterocycles. The fourth-order valence-electron chi connectivity index (χ4n) is 2.45. The minimum Gasteiger partial charge on any atom is -0.497 e. The second-order valence-electron chi connectivity index (χ2n) is 5.22. The molecule has 23 heavy (non-hydrogen) atoms. The Bertz CT molecular complexity index is 953. The maximum Gasteiger partial charge on any atom is 0.328 e. The first-order chi connectivity index (χ1) is 11.0. The van der Waals surface area contributed by atoms with Gasteiger partial charge in [-0.1, -0.05) is 15.9 Å². The molecule has 2 aromatic carbocycles. The van der Waals surface area contributed by atoms with Crippen LogP contribution in [0.5, 0.6) is 5.75 Å². The molecule has 0 bridgehead atoms. The number of methoxy groups -OCH3 is 1. The number of aromatic nitrogens is 2. The predicted octanol–water partition coefficient (Wildman–Crippen LogP) is 3.40. The van der Waals surface area contributed by atoms with Crippen molar-refractivity contribution in [1.29, 1.82) is 0 Å². The van der Waals surface area contributed by atoms with E-state index in [-0.39, 0.29) is 5.69 Å². The van der Waals surface area contributed by atoms with E-state index in [0.717, 1.165) is 32.5 Å². The summed E-state index contributed by atoms with van der Waals surface area (Å²) in [5.41, 5.74) is 3.45. The van der Waals surface area contributed by atoms with E-state index in [1.165, 1.54) is 0 Å². The fraction of sp³-hybridized carbons (Fsp3) is 0.176. The van der Waals surface area contributed by atoms with E-state index < -0.39 is 0 Å². The average molecular weight is 374 g/mol. The van der Waals surface area contributed by atoms with Crippen molar-refractivity contribution >= 4 is 38.9 Å². The number of imidazole rings is 1. The molecule has 3 aromatic rings. The van der Waals surface area contributed by atoms with Gasteiger partial charge in [-0.3, -0.25) is 14.1 Å². The van der Waals surface area contributed by atoms with Gasteiger partial charge in [-0.15, -0.1) is 0 Å². The van der Waals surface area contributed by atoms with Gasteiger partial charge in [0.1, 0.15) is 5.75 Å². The van der Waals surface area contributed by atoms with E-state index in [2.05, 4.69) is 20.9 Å². The number of nitrogens with zero attached hydrogens (tertiary/aromatic N) is 3. The van der Waals surface area contributed by atoms with Gasteiger partial charge in [-0.2, -0.15) is 0 Å². The van der Waals surface area contributed by atoms with Gasteiger partial charge in [-0.05, 0) is 36.4 Å². The average Bonchev–Trinajstić information content (AvgIpc) is 2.77. The molecule has 0 atom stereocenters. The monoisotopic (exact) mass is 373 g/mol. The van der Waals surface area contributed by atoms with Crippen molar-refractivity contribution in [3.8, 4) is 5.75 Å². The topological polar surface area (TPSA) is 48.5 Å². The number of aliphatic imine (C=N–C) groups is 1. The summed E-state index contributed by atoms with van der Waals surface area (Å²) in [6, 6.07) is 11.4. The summed E-state index contributed by atoms with van der Waals surface area (Å²) in [4.78, 5) is 16.5. The lowest BCUT2D eigenvalue weighted by atomic mass is 10.2. The van der Waals surface area contributed by atoms with E-state index >= 15 is 0 Å². The molecule has 0 unspecified atom stereocenters. The molecule has 0 fully saturated rings. The van der Waals surface area contributed by atoms with Crippen LogP contribution in [0.4, 0.5) is 5.69 Å². The zero-order chi connectivity index (χ0) is 16.6. The molecular formula is C17H16BrN3O2. The van der Waals surface area contributed by atoms with Crippen LogP contribution < -0.4 is 10.4 Å². The standard InChI is InChI=1S/C17H16BrN3O2/c1-20-15-8-11(14(18)9-16(15)21(2)17(20)22)10-19-12-4-6-13(23-3)7-5-12/h4-10H,1-3H3. The maximum atomic E-state index is 12.0. The highest BCUT2D eigenvalue weighted by atomic mass is 79.9. The van der Waals surface area contributed by atoms with Crippen molar-refractivity contribution in [3.63, 3.8) is 0 Å². The van der Waals surface area contributed by atoms with Crippen molar-refractivity contribution in [2.24, 2.45) is 19.1 Å². The van der Waals surface area contributed by atoms with E-state index in [4.69, 9.17) is 4.74 Å². The van der Waals surface area contributed by atoms with E-state index in [1.54, 1.807) is 36.6 Å². The van der Waals surface area contributed by atoms with Crippen LogP contribution in [0.25, 0.3) is 11.0 Å². The van der Waals surface area contributed by atoms with Crippen LogP contribution in [0, 0.1) is 0 Å². The summed E-state index contributed by atoms with van der Waals surface area (Å²) < 4.78 is 9.28. The Balaban J connectivity index is 2.02. The number of benzene rings is 2. The molecule has 5 nitrogen and oxygen atoms in total. The van der Waals surface area contributed by atoms with Crippen LogP contribution in [0.3, 0.4) is 0 Å². The largest absolute Gasteiger partial charge is 0.497 e. The van der Waals surface area contributed by atoms with Gasteiger partial charge in [0.2, 0.25) is 0 Å². The molecule has 0 amide bonds. The predicted molar refractivity (Wildman–Crippen MR) is 96.1 cm³/mol. The van der Waals surface area contributed by atoms with Gasteiger partial charge in [0.15, 0.2) is 0 Å². The second kappa shape index (κ2) is 6.04. The Hall–Kier alpha value is -2.34. The first-order valence-electron chi connectivity index (χ1n) is 7.04. The lowest BCUT2D eigenvalue weighted by molar-refractivity contribution is 0.415. The molecule has 3 rings (SSSR count). The number of fused-ring (bicyclic) bond motifs is 1. The van der Waals surface area contributed by atoms with Gasteiger partial charge in [0.05, 0.1) is 23.8 Å². The van der Waals surface area contributed by atoms with Crippen molar-refractivity contribution in [2.75, 3.05) is 7.11 Å². The summed E-state index contributed by atoms with van der Waals surface area (Å²) in [6.07, 6.45) is 1.78. The smallest absolute Gasteiger partial charge is 0.328 e. The van der Waals surface area contributed by atoms with E-state index in [0.29, 0.717) is 0 Å². The minimum atomic E-state index is -0.0452. The van der Waals surface area contributed by atoms with E-state index in [9.17, 15) is 4.79 Å². The van der Waals surface area contributed by atoms with Gasteiger partial charge < -0.3 is 4.74 Å². The van der Waals surface area contributed by atoms with Crippen LogP contribution in [-0.4, -0.2) is 22.5 Å². The van der Waals surface area contributed by atoms with Gasteiger partial charge >= 0.3 is 5.69 Å². The SMILES string of the molecule is COc1ccc(N=Cc2cc3c(cc2Br)n(C)c(=O)n3C)cc1. The van der Waals surface area contributed by atoms with Crippen LogP contribution >= 0.6 is 15.9 Å². The van der Waals surface area contributed by atoms with E-state index in [1.807, 2.05) is 36.4 Å². The summed E-state index contributed by atoms with van der Waals surface area (Å²) >= 11 is 3.55. The molecule has 0 radical (unpaired) electrons. The quantitative estimate of drug-likeness (QED) is 0.660. The minimum absolute atomic E-state index is 0.0452. The second-order valence-corrected chi connectivity index (χ2v) is 6.07. The molecule has 0 N–H and O–H groups in total. The van der Waals surface area contributed by atoms with Crippen molar-refractivity contribution in [3.05, 3.63) is 56.9 Å². The summed E-state index contributed by atoms with van der Waals surface area (Å²) in [5.74, 6) is 0.797. The molecule has 6 heteroatoms. The highest BCUT2D eigenvalue weighted by Gasteiger charge is 2.10. The lowest BCUT2D eigenvalue weighted by Crippen LogP contribution is -2.19. The van der Waals surface area contributed by atoms with Crippen molar-refractivity contribution in [2.45, 2.75) is 0 Å². The Morgan fingerprint density at radius 2 is 1.70 bits per heavy atom. The summed E-state index contributed by atoms with van der Waals surface area (Å²) in [7, 11) is 5.17. The highest BCUT2D eigenvalue weighted by Crippen LogP contribution is 2.24. The van der Waals surface area contributed by atoms with Crippen LogP contribution in [-0.2, 0) is 14.1 Å². The van der Waals surface area contributed by atoms with Crippen LogP contribution in [0.1, 0.15) is 5.56 Å². The number of halogens is 1. The van der Waals surface area contributed by atoms with Gasteiger partial charge in [0.25, 0.3) is 0 Å². The number of hydrogen-bond donors (Lipinski definition) is 0. The lowest BCUT2D eigenvalue weighted by Gasteiger charge is -2.02. The van der Waals surface area contributed by atoms with Crippen molar-refractivity contribution < 1.29 is 4.74 Å². The first kappa shape index (κ1) is 15.6. The number of hydrogen-bond acceptors (Lipinski definition) is 3. The third-order valence-electron chi connectivity index (χ3n) is 3.82. The Morgan fingerprint density at radius 3 is 2.30 bits per heavy atom. The van der Waals surface area contributed by atoms with Gasteiger partial charge in [0, 0.05) is 30.3 Å². The summed E-state index contributed by atoms with van der Waals surface area (Å²) in [6.45, 7) is 0. The normalized spacial score (nSPS) is 11.5. The molecule has 118 valence electrons. The zero-order valence-electron chi connectivity index (χ0n) is 13.1. The van der Waals surface area contributed by atoms with Crippen LogP contribution in [0.15, 0.2) is 50.7 Å². The molecule has 0 aliphatic rings. The number of aryl methyl sites for hydroxylation is 2. The zero-order valence-corrected chi connectivity index (χ0v) is 14.7. The molecule has 0 aliphatic carbocycles. The maximum absolute atomic E-state index is 12.0. The Kier molecular flexibility index (Phi) is 4.09. The molecular weight excluding hydrogens is 358 g/mol. The fourth-order valence-corrected chi connectivity index (χ4v) is 2.88. The number of rotatable bonds is 3. The molecule has 0 aliphatic heterocycles. The van der Waals surface area contributed by atoms with Crippen LogP contribution in [0.2, 0.25) is 0 Å².